The van der Waals surface area contributed by atoms with E-state index in [1.54, 1.807) is 13.8 Å². The van der Waals surface area contributed by atoms with Crippen molar-refractivity contribution < 1.29 is 31.5 Å². The number of hydrogen-bond acceptors (Lipinski definition) is 4. The van der Waals surface area contributed by atoms with E-state index in [2.05, 4.69) is 22.0 Å². The minimum absolute atomic E-state index is 0. The Kier molecular flexibility index (Phi) is 11.6. The number of hydrogen-bond donors (Lipinski definition) is 0. The van der Waals surface area contributed by atoms with Gasteiger partial charge in [0.05, 0.1) is 13.2 Å². The van der Waals surface area contributed by atoms with Crippen molar-refractivity contribution in [3.63, 3.8) is 0 Å². The molecule has 0 heterocycles. The molecule has 100 valence electrons. The molecule has 0 bridgehead atoms. The molecule has 0 saturated heterocycles. The summed E-state index contributed by atoms with van der Waals surface area (Å²) in [5, 5.41) is 0. The van der Waals surface area contributed by atoms with E-state index >= 15 is 0 Å². The van der Waals surface area contributed by atoms with Crippen LogP contribution in [0.4, 0.5) is 0 Å². The summed E-state index contributed by atoms with van der Waals surface area (Å²) in [5.41, 5.74) is 0.492. The average molecular weight is 360 g/mol. The van der Waals surface area contributed by atoms with Gasteiger partial charge in [0.15, 0.2) is 0 Å². The summed E-state index contributed by atoms with van der Waals surface area (Å²) in [4.78, 5) is 23.0. The van der Waals surface area contributed by atoms with Crippen LogP contribution in [0.25, 0.3) is 0 Å². The molecule has 0 saturated carbocycles. The second kappa shape index (κ2) is 10.5. The predicted octanol–water partition coefficient (Wildman–Crippen LogP) is -0.774. The Labute approximate surface area is 142 Å². The summed E-state index contributed by atoms with van der Waals surface area (Å²) in [5.74, 6) is -0.996. The van der Waals surface area contributed by atoms with Crippen LogP contribution in [-0.2, 0) is 9.47 Å². The monoisotopic (exact) mass is 358 g/mol. The molecule has 0 aromatic heterocycles. The van der Waals surface area contributed by atoms with Crippen molar-refractivity contribution in [1.82, 2.24) is 0 Å². The molecule has 0 amide bonds. The van der Waals surface area contributed by atoms with Crippen LogP contribution in [-0.4, -0.2) is 48.2 Å². The van der Waals surface area contributed by atoms with Gasteiger partial charge in [0.25, 0.3) is 0 Å². The molecule has 0 aliphatic heterocycles. The first kappa shape index (κ1) is 21.0. The van der Waals surface area contributed by atoms with Gasteiger partial charge in [0.1, 0.15) is 0 Å². The van der Waals surface area contributed by atoms with Crippen LogP contribution in [0.3, 0.4) is 0 Å². The van der Waals surface area contributed by atoms with Crippen molar-refractivity contribution in [3.05, 3.63) is 33.8 Å². The first-order chi connectivity index (χ1) is 8.10. The van der Waals surface area contributed by atoms with Crippen molar-refractivity contribution in [2.24, 2.45) is 0 Å². The van der Waals surface area contributed by atoms with Gasteiger partial charge in [-0.2, -0.15) is 0 Å². The van der Waals surface area contributed by atoms with Crippen LogP contribution in [0.1, 0.15) is 34.6 Å². The van der Waals surface area contributed by atoms with E-state index in [0.717, 1.165) is 0 Å². The first-order valence-electron chi connectivity index (χ1n) is 5.15. The predicted molar refractivity (Wildman–Crippen MR) is 70.6 cm³/mol. The molecule has 1 aromatic carbocycles. The molecule has 7 heteroatoms. The quantitative estimate of drug-likeness (QED) is 0.402. The Hall–Kier alpha value is -0.304. The van der Waals surface area contributed by atoms with Crippen LogP contribution in [0.15, 0.2) is 16.6 Å². The van der Waals surface area contributed by atoms with Gasteiger partial charge in [-0.15, -0.1) is 34.1 Å². The zero-order valence-corrected chi connectivity index (χ0v) is 14.4. The zero-order chi connectivity index (χ0) is 12.8. The standard InChI is InChI=1S/C12H12BrO4.ClH.Mg/c1-3-16-11(14)8-5-6-10(13)9(7-8)12(15)17-4-2;;/h6-7H,3-4H2,1-2H3;1H;/q-1;;+2/p-1. The van der Waals surface area contributed by atoms with E-state index < -0.39 is 11.9 Å². The maximum Gasteiger partial charge on any atom is 2.00 e. The van der Waals surface area contributed by atoms with Crippen LogP contribution >= 0.6 is 15.9 Å². The fourth-order valence-corrected chi connectivity index (χ4v) is 1.56. The normalized spacial score (nSPS) is 8.79. The Morgan fingerprint density at radius 1 is 1.21 bits per heavy atom. The topological polar surface area (TPSA) is 52.6 Å². The summed E-state index contributed by atoms with van der Waals surface area (Å²) in [6.07, 6.45) is 0. The third kappa shape index (κ3) is 6.12. The zero-order valence-electron chi connectivity index (χ0n) is 10.7. The summed E-state index contributed by atoms with van der Waals surface area (Å²) in [6, 6.07) is 5.63. The molecule has 0 radical (unpaired) electrons. The molecule has 0 spiro atoms. The van der Waals surface area contributed by atoms with Crippen molar-refractivity contribution in [2.75, 3.05) is 13.2 Å². The Balaban J connectivity index is 0. The van der Waals surface area contributed by atoms with Gasteiger partial charge in [-0.1, -0.05) is 5.56 Å². The Morgan fingerprint density at radius 2 is 1.74 bits per heavy atom. The Bertz CT molecular complexity index is 440. The van der Waals surface area contributed by atoms with Gasteiger partial charge >= 0.3 is 29.0 Å². The number of ether oxygens (including phenoxy) is 2. The number of esters is 2. The Morgan fingerprint density at radius 3 is 2.26 bits per heavy atom. The maximum absolute atomic E-state index is 11.6. The van der Waals surface area contributed by atoms with Crippen LogP contribution in [0.2, 0.25) is 0 Å². The minimum atomic E-state index is -0.509. The molecule has 4 nitrogen and oxygen atoms in total. The third-order valence-corrected chi connectivity index (χ3v) is 2.55. The van der Waals surface area contributed by atoms with Crippen molar-refractivity contribution in [3.8, 4) is 0 Å². The van der Waals surface area contributed by atoms with Gasteiger partial charge in [0.2, 0.25) is 5.97 Å². The van der Waals surface area contributed by atoms with E-state index in [1.165, 1.54) is 12.1 Å². The van der Waals surface area contributed by atoms with E-state index in [9.17, 15) is 9.59 Å². The fourth-order valence-electron chi connectivity index (χ4n) is 1.17. The van der Waals surface area contributed by atoms with E-state index in [0.29, 0.717) is 4.47 Å². The molecule has 0 N–H and O–H groups in total. The number of benzene rings is 1. The van der Waals surface area contributed by atoms with Gasteiger partial charge in [-0.05, 0) is 23.9 Å². The van der Waals surface area contributed by atoms with Gasteiger partial charge in [-0.3, -0.25) is 0 Å². The second-order valence-electron chi connectivity index (χ2n) is 3.05. The van der Waals surface area contributed by atoms with Crippen molar-refractivity contribution >= 4 is 50.9 Å². The molecule has 1 aromatic rings. The van der Waals surface area contributed by atoms with Crippen LogP contribution in [0.5, 0.6) is 0 Å². The molecule has 0 atom stereocenters. The molecule has 0 aliphatic carbocycles. The first-order valence-corrected chi connectivity index (χ1v) is 5.94. The number of halogens is 2. The number of carbonyl (C=O) groups is 2. The van der Waals surface area contributed by atoms with Crippen molar-refractivity contribution in [2.45, 2.75) is 13.8 Å². The molecule has 0 aliphatic rings. The largest absolute Gasteiger partial charge is 2.00 e. The number of carbonyl (C=O) groups excluding carboxylic acids is 2. The van der Waals surface area contributed by atoms with Crippen LogP contribution in [0, 0.1) is 6.07 Å². The molecule has 1 rings (SSSR count). The molecular weight excluding hydrogens is 348 g/mol. The summed E-state index contributed by atoms with van der Waals surface area (Å²) in [7, 11) is 0. The summed E-state index contributed by atoms with van der Waals surface area (Å²) < 4.78 is 10.2. The average Bonchev–Trinajstić information content (AvgIpc) is 2.30. The fraction of sp³-hybridized carbons (Fsp3) is 0.333. The molecule has 0 fully saturated rings. The summed E-state index contributed by atoms with van der Waals surface area (Å²) in [6.45, 7) is 3.98. The third-order valence-electron chi connectivity index (χ3n) is 1.89. The van der Waals surface area contributed by atoms with E-state index in [-0.39, 0.29) is 59.8 Å². The van der Waals surface area contributed by atoms with Gasteiger partial charge < -0.3 is 26.7 Å². The second-order valence-corrected chi connectivity index (χ2v) is 3.90. The van der Waals surface area contributed by atoms with E-state index in [1.807, 2.05) is 0 Å². The minimum Gasteiger partial charge on any atom is -1.00 e. The van der Waals surface area contributed by atoms with Gasteiger partial charge in [-0.25, -0.2) is 4.79 Å². The van der Waals surface area contributed by atoms with Crippen LogP contribution < -0.4 is 12.4 Å². The van der Waals surface area contributed by atoms with Crippen molar-refractivity contribution in [1.29, 1.82) is 0 Å². The molecule has 19 heavy (non-hydrogen) atoms. The smallest absolute Gasteiger partial charge is 1.00 e. The molecular formula is C12H12BrClMgO4. The van der Waals surface area contributed by atoms with Gasteiger partial charge in [0, 0.05) is 0 Å². The maximum atomic E-state index is 11.6. The summed E-state index contributed by atoms with van der Waals surface area (Å²) >= 11 is 3.20. The van der Waals surface area contributed by atoms with E-state index in [4.69, 9.17) is 9.47 Å². The molecule has 0 unspecified atom stereocenters. The SMILES string of the molecule is CCOC(=O)c1[c-]cc(Br)c(C(=O)OCC)c1.[Cl-].[Mg+2]. The number of rotatable bonds is 4.